The number of aryl methyl sites for hydroxylation is 2. The van der Waals surface area contributed by atoms with E-state index < -0.39 is 0 Å². The number of hydrogen-bond donors (Lipinski definition) is 2. The van der Waals surface area contributed by atoms with Crippen molar-refractivity contribution < 1.29 is 4.92 Å². The fourth-order valence-corrected chi connectivity index (χ4v) is 2.75. The quantitative estimate of drug-likeness (QED) is 0.639. The fraction of sp³-hybridized carbons (Fsp3) is 0.750. The van der Waals surface area contributed by atoms with Crippen molar-refractivity contribution in [3.63, 3.8) is 0 Å². The first-order chi connectivity index (χ1) is 9.02. The van der Waals surface area contributed by atoms with E-state index in [4.69, 9.17) is 0 Å². The van der Waals surface area contributed by atoms with Gasteiger partial charge >= 0.3 is 5.69 Å². The van der Waals surface area contributed by atoms with Crippen molar-refractivity contribution in [1.29, 1.82) is 0 Å². The molecule has 0 radical (unpaired) electrons. The Morgan fingerprint density at radius 1 is 1.32 bits per heavy atom. The van der Waals surface area contributed by atoms with Crippen LogP contribution in [0.5, 0.6) is 0 Å². The van der Waals surface area contributed by atoms with Crippen molar-refractivity contribution in [3.8, 4) is 0 Å². The summed E-state index contributed by atoms with van der Waals surface area (Å²) in [6, 6.07) is 0.861. The Balaban J connectivity index is 2.09. The lowest BCUT2D eigenvalue weighted by molar-refractivity contribution is -0.384. The molecule has 1 aliphatic carbocycles. The van der Waals surface area contributed by atoms with Crippen molar-refractivity contribution in [3.05, 3.63) is 15.8 Å². The molecule has 0 atom stereocenters. The average Bonchev–Trinajstić information content (AvgIpc) is 2.65. The minimum absolute atomic E-state index is 0.0956. The van der Waals surface area contributed by atoms with E-state index in [0.29, 0.717) is 17.6 Å². The van der Waals surface area contributed by atoms with Gasteiger partial charge in [0, 0.05) is 19.1 Å². The minimum atomic E-state index is -0.357. The summed E-state index contributed by atoms with van der Waals surface area (Å²) in [6.07, 6.45) is 4.23. The molecule has 1 fully saturated rings. The molecule has 0 unspecified atom stereocenters. The van der Waals surface area contributed by atoms with Gasteiger partial charge in [-0.1, -0.05) is 0 Å². The van der Waals surface area contributed by atoms with E-state index in [1.165, 1.54) is 0 Å². The number of nitro groups is 1. The van der Waals surface area contributed by atoms with E-state index >= 15 is 0 Å². The van der Waals surface area contributed by atoms with Gasteiger partial charge in [0.15, 0.2) is 0 Å². The number of hydrogen-bond acceptors (Lipinski definition) is 5. The van der Waals surface area contributed by atoms with E-state index in [1.807, 2.05) is 7.05 Å². The Morgan fingerprint density at radius 2 is 1.89 bits per heavy atom. The first-order valence-electron chi connectivity index (χ1n) is 6.64. The first kappa shape index (κ1) is 13.8. The predicted octanol–water partition coefficient (Wildman–Crippen LogP) is 1.58. The summed E-state index contributed by atoms with van der Waals surface area (Å²) in [5.41, 5.74) is 0.553. The molecule has 2 rings (SSSR count). The van der Waals surface area contributed by atoms with Crippen molar-refractivity contribution in [2.45, 2.75) is 44.7 Å². The van der Waals surface area contributed by atoms with Crippen LogP contribution in [0.4, 0.5) is 11.5 Å². The number of anilines is 1. The van der Waals surface area contributed by atoms with Gasteiger partial charge in [-0.3, -0.25) is 10.1 Å². The van der Waals surface area contributed by atoms with Crippen molar-refractivity contribution in [1.82, 2.24) is 15.1 Å². The zero-order valence-electron chi connectivity index (χ0n) is 11.6. The van der Waals surface area contributed by atoms with E-state index in [1.54, 1.807) is 18.7 Å². The Labute approximate surface area is 112 Å². The van der Waals surface area contributed by atoms with Crippen LogP contribution in [0.1, 0.15) is 31.4 Å². The molecule has 0 saturated heterocycles. The molecule has 106 valence electrons. The van der Waals surface area contributed by atoms with E-state index in [-0.39, 0.29) is 16.7 Å². The molecular formula is C12H21N5O2. The van der Waals surface area contributed by atoms with Gasteiger partial charge in [-0.2, -0.15) is 5.10 Å². The SMILES string of the molecule is CNC1CCC(Nc2c([N+](=O)[O-])c(C)nn2C)CC1. The van der Waals surface area contributed by atoms with Gasteiger partial charge < -0.3 is 10.6 Å². The van der Waals surface area contributed by atoms with Crippen molar-refractivity contribution >= 4 is 11.5 Å². The van der Waals surface area contributed by atoms with Crippen LogP contribution in [0.15, 0.2) is 0 Å². The Kier molecular flexibility index (Phi) is 4.04. The van der Waals surface area contributed by atoms with Crippen LogP contribution in [0, 0.1) is 17.0 Å². The van der Waals surface area contributed by atoms with Crippen LogP contribution in [0.25, 0.3) is 0 Å². The second-order valence-electron chi connectivity index (χ2n) is 5.14. The Bertz CT molecular complexity index is 463. The monoisotopic (exact) mass is 267 g/mol. The standard InChI is InChI=1S/C12H21N5O2/c1-8-11(17(18)19)12(16(3)15-8)14-10-6-4-9(13-2)5-7-10/h9-10,13-14H,4-7H2,1-3H3. The largest absolute Gasteiger partial charge is 0.362 e. The number of nitrogens with zero attached hydrogens (tertiary/aromatic N) is 3. The second-order valence-corrected chi connectivity index (χ2v) is 5.14. The highest BCUT2D eigenvalue weighted by atomic mass is 16.6. The Morgan fingerprint density at radius 3 is 2.42 bits per heavy atom. The predicted molar refractivity (Wildman–Crippen MR) is 73.3 cm³/mol. The lowest BCUT2D eigenvalue weighted by atomic mass is 9.91. The molecule has 1 aliphatic rings. The van der Waals surface area contributed by atoms with Gasteiger partial charge in [0.25, 0.3) is 0 Å². The average molecular weight is 267 g/mol. The van der Waals surface area contributed by atoms with Crippen molar-refractivity contribution in [2.24, 2.45) is 7.05 Å². The molecule has 0 aromatic carbocycles. The molecular weight excluding hydrogens is 246 g/mol. The van der Waals surface area contributed by atoms with Crippen LogP contribution < -0.4 is 10.6 Å². The number of nitrogens with one attached hydrogen (secondary N) is 2. The highest BCUT2D eigenvalue weighted by Gasteiger charge is 2.27. The van der Waals surface area contributed by atoms with Crippen molar-refractivity contribution in [2.75, 3.05) is 12.4 Å². The van der Waals surface area contributed by atoms with E-state index in [9.17, 15) is 10.1 Å². The van der Waals surface area contributed by atoms with Crippen LogP contribution >= 0.6 is 0 Å². The van der Waals surface area contributed by atoms with E-state index in [0.717, 1.165) is 25.7 Å². The lowest BCUT2D eigenvalue weighted by Crippen LogP contribution is -2.35. The molecule has 0 bridgehead atoms. The summed E-state index contributed by atoms with van der Waals surface area (Å²) in [7, 11) is 3.72. The molecule has 1 heterocycles. The zero-order chi connectivity index (χ0) is 14.0. The van der Waals surface area contributed by atoms with Gasteiger partial charge in [0.05, 0.1) is 4.92 Å². The van der Waals surface area contributed by atoms with Gasteiger partial charge in [-0.05, 0) is 39.7 Å². The molecule has 0 amide bonds. The highest BCUT2D eigenvalue weighted by molar-refractivity contribution is 5.59. The summed E-state index contributed by atoms with van der Waals surface area (Å²) in [5, 5.41) is 21.8. The summed E-state index contributed by atoms with van der Waals surface area (Å²) < 4.78 is 1.57. The first-order valence-corrected chi connectivity index (χ1v) is 6.64. The molecule has 7 heteroatoms. The normalized spacial score (nSPS) is 23.3. The molecule has 1 saturated carbocycles. The zero-order valence-corrected chi connectivity index (χ0v) is 11.6. The maximum atomic E-state index is 11.1. The summed E-state index contributed by atoms with van der Waals surface area (Å²) in [4.78, 5) is 10.7. The van der Waals surface area contributed by atoms with Crippen LogP contribution in [0.3, 0.4) is 0 Å². The van der Waals surface area contributed by atoms with E-state index in [2.05, 4.69) is 15.7 Å². The molecule has 19 heavy (non-hydrogen) atoms. The minimum Gasteiger partial charge on any atom is -0.362 e. The second kappa shape index (κ2) is 5.56. The third-order valence-electron chi connectivity index (χ3n) is 3.85. The number of aromatic nitrogens is 2. The summed E-state index contributed by atoms with van der Waals surface area (Å²) in [5.74, 6) is 0.524. The maximum absolute atomic E-state index is 11.1. The molecule has 2 N–H and O–H groups in total. The van der Waals surface area contributed by atoms with Crippen LogP contribution in [-0.4, -0.2) is 33.8 Å². The third-order valence-corrected chi connectivity index (χ3v) is 3.85. The molecule has 1 aromatic rings. The van der Waals surface area contributed by atoms with Crippen LogP contribution in [0.2, 0.25) is 0 Å². The van der Waals surface area contributed by atoms with Crippen LogP contribution in [-0.2, 0) is 7.05 Å². The maximum Gasteiger partial charge on any atom is 0.333 e. The highest BCUT2D eigenvalue weighted by Crippen LogP contribution is 2.30. The Hall–Kier alpha value is -1.63. The summed E-state index contributed by atoms with van der Waals surface area (Å²) in [6.45, 7) is 1.67. The molecule has 1 aromatic heterocycles. The molecule has 0 aliphatic heterocycles. The van der Waals surface area contributed by atoms with Gasteiger partial charge in [-0.25, -0.2) is 4.68 Å². The third kappa shape index (κ3) is 2.86. The lowest BCUT2D eigenvalue weighted by Gasteiger charge is -2.29. The molecule has 0 spiro atoms. The number of rotatable bonds is 4. The topological polar surface area (TPSA) is 85.0 Å². The van der Waals surface area contributed by atoms with Gasteiger partial charge in [-0.15, -0.1) is 0 Å². The van der Waals surface area contributed by atoms with Gasteiger partial charge in [0.1, 0.15) is 5.69 Å². The van der Waals surface area contributed by atoms with Gasteiger partial charge in [0.2, 0.25) is 5.82 Å². The summed E-state index contributed by atoms with van der Waals surface area (Å²) >= 11 is 0. The fourth-order valence-electron chi connectivity index (χ4n) is 2.75. The smallest absolute Gasteiger partial charge is 0.333 e. The molecule has 7 nitrogen and oxygen atoms in total.